The third kappa shape index (κ3) is 3.20. The topological polar surface area (TPSA) is 50.7 Å². The summed E-state index contributed by atoms with van der Waals surface area (Å²) in [6.07, 6.45) is 4.47. The highest BCUT2D eigenvalue weighted by molar-refractivity contribution is 5.83. The molecule has 0 spiro atoms. The second-order valence-electron chi connectivity index (χ2n) is 7.57. The maximum atomic E-state index is 13.4. The van der Waals surface area contributed by atoms with Gasteiger partial charge in [-0.25, -0.2) is 4.98 Å². The average molecular weight is 393 g/mol. The minimum Gasteiger partial charge on any atom is -0.361 e. The van der Waals surface area contributed by atoms with Crippen LogP contribution in [0.3, 0.4) is 0 Å². The fraction of sp³-hybridized carbons (Fsp3) is 0.154. The van der Waals surface area contributed by atoms with Gasteiger partial charge in [-0.2, -0.15) is 0 Å². The molecule has 0 atom stereocenters. The van der Waals surface area contributed by atoms with Crippen LogP contribution in [0.25, 0.3) is 27.5 Å². The first-order chi connectivity index (χ1) is 14.7. The van der Waals surface area contributed by atoms with Crippen LogP contribution in [0.2, 0.25) is 0 Å². The Morgan fingerprint density at radius 2 is 1.70 bits per heavy atom. The minimum atomic E-state index is -0.0113. The number of aromatic nitrogens is 3. The first kappa shape index (κ1) is 18.4. The van der Waals surface area contributed by atoms with Gasteiger partial charge >= 0.3 is 0 Å². The summed E-state index contributed by atoms with van der Waals surface area (Å²) in [5.74, 6) is 0.789. The van der Waals surface area contributed by atoms with Crippen molar-refractivity contribution in [1.82, 2.24) is 14.5 Å². The van der Waals surface area contributed by atoms with E-state index in [1.807, 2.05) is 42.5 Å². The van der Waals surface area contributed by atoms with Crippen molar-refractivity contribution in [2.45, 2.75) is 26.2 Å². The lowest BCUT2D eigenvalue weighted by Crippen LogP contribution is -2.24. The number of hydrogen-bond donors (Lipinski definition) is 1. The third-order valence-corrected chi connectivity index (χ3v) is 5.72. The summed E-state index contributed by atoms with van der Waals surface area (Å²) in [5.41, 5.74) is 5.19. The largest absolute Gasteiger partial charge is 0.361 e. The second kappa shape index (κ2) is 7.64. The molecule has 0 saturated carbocycles. The fourth-order valence-electron chi connectivity index (χ4n) is 4.11. The molecule has 4 heteroatoms. The first-order valence-corrected chi connectivity index (χ1v) is 10.4. The summed E-state index contributed by atoms with van der Waals surface area (Å²) < 4.78 is 1.79. The Hall–Kier alpha value is -3.66. The number of benzene rings is 3. The lowest BCUT2D eigenvalue weighted by molar-refractivity contribution is 0.790. The Balaban J connectivity index is 1.63. The van der Waals surface area contributed by atoms with Gasteiger partial charge in [0.05, 0.1) is 16.6 Å². The van der Waals surface area contributed by atoms with E-state index in [0.29, 0.717) is 11.8 Å². The zero-order chi connectivity index (χ0) is 20.5. The normalized spacial score (nSPS) is 11.4. The van der Waals surface area contributed by atoms with Crippen molar-refractivity contribution >= 4 is 21.8 Å². The molecule has 0 radical (unpaired) electrons. The summed E-state index contributed by atoms with van der Waals surface area (Å²) in [6, 6.07) is 24.1. The highest BCUT2D eigenvalue weighted by Crippen LogP contribution is 2.21. The Morgan fingerprint density at radius 1 is 0.900 bits per heavy atom. The lowest BCUT2D eigenvalue weighted by atomic mass is 10.1. The molecular formula is C26H23N3O. The monoisotopic (exact) mass is 393 g/mol. The number of nitrogens with zero attached hydrogens (tertiary/aromatic N) is 2. The van der Waals surface area contributed by atoms with Crippen LogP contribution < -0.4 is 5.56 Å². The average Bonchev–Trinajstić information content (AvgIpc) is 3.21. The van der Waals surface area contributed by atoms with Crippen molar-refractivity contribution in [3.63, 3.8) is 0 Å². The molecule has 0 aliphatic heterocycles. The first-order valence-electron chi connectivity index (χ1n) is 10.4. The standard InChI is InChI=1S/C26H23N3O/c1-2-18-8-7-9-20(16-18)29-25(28-24-13-6-4-11-22(24)26(29)30)15-14-19-17-27-23-12-5-3-10-21(19)23/h3-13,16-17,27H,2,14-15H2,1H3. The number of H-pyrrole nitrogens is 1. The highest BCUT2D eigenvalue weighted by Gasteiger charge is 2.14. The van der Waals surface area contributed by atoms with E-state index in [-0.39, 0.29) is 5.56 Å². The molecule has 2 heterocycles. The van der Waals surface area contributed by atoms with E-state index in [4.69, 9.17) is 4.98 Å². The minimum absolute atomic E-state index is 0.0113. The molecule has 5 rings (SSSR count). The van der Waals surface area contributed by atoms with Crippen LogP contribution in [0.15, 0.2) is 83.8 Å². The van der Waals surface area contributed by atoms with Gasteiger partial charge in [-0.05, 0) is 54.3 Å². The van der Waals surface area contributed by atoms with E-state index < -0.39 is 0 Å². The summed E-state index contributed by atoms with van der Waals surface area (Å²) in [4.78, 5) is 21.7. The summed E-state index contributed by atoms with van der Waals surface area (Å²) in [5, 5.41) is 1.87. The van der Waals surface area contributed by atoms with Crippen molar-refractivity contribution in [1.29, 1.82) is 0 Å². The second-order valence-corrected chi connectivity index (χ2v) is 7.57. The van der Waals surface area contributed by atoms with E-state index in [2.05, 4.69) is 48.4 Å². The highest BCUT2D eigenvalue weighted by atomic mass is 16.1. The Kier molecular flexibility index (Phi) is 4.68. The Bertz CT molecular complexity index is 1410. The van der Waals surface area contributed by atoms with Gasteiger partial charge in [-0.1, -0.05) is 49.4 Å². The van der Waals surface area contributed by atoms with Crippen LogP contribution >= 0.6 is 0 Å². The predicted molar refractivity (Wildman–Crippen MR) is 122 cm³/mol. The molecule has 3 aromatic carbocycles. The zero-order valence-corrected chi connectivity index (χ0v) is 16.9. The van der Waals surface area contributed by atoms with E-state index in [0.717, 1.165) is 35.4 Å². The number of rotatable bonds is 5. The molecule has 0 fully saturated rings. The van der Waals surface area contributed by atoms with E-state index in [9.17, 15) is 4.79 Å². The molecule has 1 N–H and O–H groups in total. The number of para-hydroxylation sites is 2. The smallest absolute Gasteiger partial charge is 0.265 e. The summed E-state index contributed by atoms with van der Waals surface area (Å²) >= 11 is 0. The number of nitrogens with one attached hydrogen (secondary N) is 1. The molecule has 30 heavy (non-hydrogen) atoms. The van der Waals surface area contributed by atoms with Gasteiger partial charge < -0.3 is 4.98 Å². The van der Waals surface area contributed by atoms with Gasteiger partial charge in [-0.15, -0.1) is 0 Å². The summed E-state index contributed by atoms with van der Waals surface area (Å²) in [7, 11) is 0. The molecule has 2 aromatic heterocycles. The van der Waals surface area contributed by atoms with Crippen molar-refractivity contribution in [2.75, 3.05) is 0 Å². The quantitative estimate of drug-likeness (QED) is 0.445. The SMILES string of the molecule is CCc1cccc(-n2c(CCc3c[nH]c4ccccc34)nc3ccccc3c2=O)c1. The van der Waals surface area contributed by atoms with Crippen LogP contribution in [0, 0.1) is 0 Å². The maximum Gasteiger partial charge on any atom is 0.265 e. The van der Waals surface area contributed by atoms with Gasteiger partial charge in [0.2, 0.25) is 0 Å². The van der Waals surface area contributed by atoms with E-state index in [1.54, 1.807) is 4.57 Å². The molecular weight excluding hydrogens is 370 g/mol. The number of aromatic amines is 1. The fourth-order valence-corrected chi connectivity index (χ4v) is 4.11. The van der Waals surface area contributed by atoms with Crippen LogP contribution in [-0.2, 0) is 19.3 Å². The number of fused-ring (bicyclic) bond motifs is 2. The number of aryl methyl sites for hydroxylation is 3. The molecule has 4 nitrogen and oxygen atoms in total. The van der Waals surface area contributed by atoms with Crippen LogP contribution in [0.5, 0.6) is 0 Å². The molecule has 5 aromatic rings. The summed E-state index contributed by atoms with van der Waals surface area (Å²) in [6.45, 7) is 2.12. The maximum absolute atomic E-state index is 13.4. The van der Waals surface area contributed by atoms with E-state index >= 15 is 0 Å². The van der Waals surface area contributed by atoms with Gasteiger partial charge in [0.25, 0.3) is 5.56 Å². The molecule has 0 unspecified atom stereocenters. The molecule has 148 valence electrons. The van der Waals surface area contributed by atoms with Gasteiger partial charge in [0.15, 0.2) is 0 Å². The predicted octanol–water partition coefficient (Wildman–Crippen LogP) is 5.21. The van der Waals surface area contributed by atoms with Gasteiger partial charge in [0.1, 0.15) is 5.82 Å². The Labute approximate surface area is 174 Å². The van der Waals surface area contributed by atoms with Crippen molar-refractivity contribution in [3.8, 4) is 5.69 Å². The molecule has 0 saturated heterocycles. The van der Waals surface area contributed by atoms with Crippen LogP contribution in [-0.4, -0.2) is 14.5 Å². The van der Waals surface area contributed by atoms with Gasteiger partial charge in [-0.3, -0.25) is 9.36 Å². The zero-order valence-electron chi connectivity index (χ0n) is 16.9. The van der Waals surface area contributed by atoms with Crippen molar-refractivity contribution in [2.24, 2.45) is 0 Å². The molecule has 0 amide bonds. The van der Waals surface area contributed by atoms with Crippen LogP contribution in [0.1, 0.15) is 23.9 Å². The molecule has 0 aliphatic carbocycles. The van der Waals surface area contributed by atoms with Crippen molar-refractivity contribution < 1.29 is 0 Å². The number of hydrogen-bond acceptors (Lipinski definition) is 2. The van der Waals surface area contributed by atoms with Crippen LogP contribution in [0.4, 0.5) is 0 Å². The van der Waals surface area contributed by atoms with Crippen molar-refractivity contribution in [3.05, 3.63) is 106 Å². The molecule has 0 aliphatic rings. The Morgan fingerprint density at radius 3 is 2.57 bits per heavy atom. The third-order valence-electron chi connectivity index (χ3n) is 5.72. The lowest BCUT2D eigenvalue weighted by Gasteiger charge is -2.14. The van der Waals surface area contributed by atoms with Gasteiger partial charge in [0, 0.05) is 23.5 Å². The van der Waals surface area contributed by atoms with E-state index in [1.165, 1.54) is 16.5 Å². The molecule has 0 bridgehead atoms.